The number of aromatic hydroxyl groups is 1. The van der Waals surface area contributed by atoms with Crippen LogP contribution in [0.15, 0.2) is 39.7 Å². The van der Waals surface area contributed by atoms with Crippen molar-refractivity contribution in [2.24, 2.45) is 4.99 Å². The normalized spacial score (nSPS) is 11.0. The fourth-order valence-electron chi connectivity index (χ4n) is 2.45. The van der Waals surface area contributed by atoms with E-state index < -0.39 is 5.95 Å². The Morgan fingerprint density at radius 1 is 1.04 bits per heavy atom. The van der Waals surface area contributed by atoms with Crippen LogP contribution in [0.1, 0.15) is 5.69 Å². The van der Waals surface area contributed by atoms with E-state index in [9.17, 15) is 5.11 Å². The van der Waals surface area contributed by atoms with Gasteiger partial charge in [-0.15, -0.1) is 0 Å². The Bertz CT molecular complexity index is 1010. The minimum atomic E-state index is -0.398. The van der Waals surface area contributed by atoms with Crippen LogP contribution < -0.4 is 14.2 Å². The minimum Gasteiger partial charge on any atom is -0.493 e. The number of aliphatic imine (C=N–C) groups is 1. The van der Waals surface area contributed by atoms with Gasteiger partial charge in [-0.25, -0.2) is 4.98 Å². The molecule has 0 amide bonds. The van der Waals surface area contributed by atoms with Crippen LogP contribution in [0.2, 0.25) is 10.0 Å². The van der Waals surface area contributed by atoms with Gasteiger partial charge in [0.1, 0.15) is 0 Å². The van der Waals surface area contributed by atoms with Crippen molar-refractivity contribution >= 4 is 35.1 Å². The van der Waals surface area contributed by atoms with Gasteiger partial charge in [-0.05, 0) is 30.3 Å². The summed E-state index contributed by atoms with van der Waals surface area (Å²) in [5.41, 5.74) is 1.08. The fraction of sp³-hybridized carbons (Fsp3) is 0.158. The van der Waals surface area contributed by atoms with Crippen LogP contribution in [-0.2, 0) is 0 Å². The first kappa shape index (κ1) is 19.9. The number of oxazole rings is 1. The number of hydrogen-bond donors (Lipinski definition) is 1. The van der Waals surface area contributed by atoms with E-state index in [1.54, 1.807) is 30.3 Å². The summed E-state index contributed by atoms with van der Waals surface area (Å²) in [5, 5.41) is 11.0. The van der Waals surface area contributed by atoms with E-state index in [1.807, 2.05) is 0 Å². The monoisotopic (exact) mass is 422 g/mol. The molecule has 0 spiro atoms. The van der Waals surface area contributed by atoms with Gasteiger partial charge in [-0.3, -0.25) is 4.99 Å². The SMILES string of the molecule is COc1cc(-c2nc(C=Nc3cc(Cl)ccc3Cl)c(O)o2)cc(OC)c1OC. The molecule has 0 saturated carbocycles. The molecular formula is C19H16Cl2N2O5. The summed E-state index contributed by atoms with van der Waals surface area (Å²) < 4.78 is 21.3. The van der Waals surface area contributed by atoms with Crippen molar-refractivity contribution in [3.63, 3.8) is 0 Å². The number of benzene rings is 2. The lowest BCUT2D eigenvalue weighted by molar-refractivity contribution is 0.323. The third-order valence-electron chi connectivity index (χ3n) is 3.78. The molecule has 0 saturated heterocycles. The van der Waals surface area contributed by atoms with Gasteiger partial charge in [0.15, 0.2) is 17.2 Å². The molecule has 0 aliphatic carbocycles. The van der Waals surface area contributed by atoms with E-state index in [0.717, 1.165) is 0 Å². The highest BCUT2D eigenvalue weighted by Crippen LogP contribution is 2.41. The van der Waals surface area contributed by atoms with E-state index in [1.165, 1.54) is 27.5 Å². The molecule has 3 aromatic rings. The van der Waals surface area contributed by atoms with Crippen molar-refractivity contribution in [1.29, 1.82) is 0 Å². The van der Waals surface area contributed by atoms with E-state index in [-0.39, 0.29) is 11.6 Å². The number of aromatic nitrogens is 1. The third-order valence-corrected chi connectivity index (χ3v) is 4.33. The predicted molar refractivity (Wildman–Crippen MR) is 107 cm³/mol. The molecule has 0 radical (unpaired) electrons. The van der Waals surface area contributed by atoms with Crippen LogP contribution in [0.25, 0.3) is 11.5 Å². The molecule has 28 heavy (non-hydrogen) atoms. The fourth-order valence-corrected chi connectivity index (χ4v) is 2.78. The van der Waals surface area contributed by atoms with Crippen LogP contribution in [0.4, 0.5) is 5.69 Å². The maximum atomic E-state index is 10.1. The first-order valence-corrected chi connectivity index (χ1v) is 8.71. The maximum absolute atomic E-state index is 10.1. The van der Waals surface area contributed by atoms with Crippen molar-refractivity contribution in [3.8, 4) is 34.6 Å². The smallest absolute Gasteiger partial charge is 0.312 e. The van der Waals surface area contributed by atoms with Gasteiger partial charge < -0.3 is 23.7 Å². The van der Waals surface area contributed by atoms with Gasteiger partial charge >= 0.3 is 5.95 Å². The van der Waals surface area contributed by atoms with Gasteiger partial charge in [0, 0.05) is 10.6 Å². The Balaban J connectivity index is 1.98. The zero-order valence-corrected chi connectivity index (χ0v) is 16.7. The Morgan fingerprint density at radius 3 is 2.32 bits per heavy atom. The van der Waals surface area contributed by atoms with E-state index >= 15 is 0 Å². The zero-order chi connectivity index (χ0) is 20.3. The number of ether oxygens (including phenoxy) is 3. The van der Waals surface area contributed by atoms with Gasteiger partial charge in [-0.2, -0.15) is 0 Å². The second-order valence-corrected chi connectivity index (χ2v) is 6.32. The average Bonchev–Trinajstić information content (AvgIpc) is 3.08. The highest BCUT2D eigenvalue weighted by atomic mass is 35.5. The molecule has 1 heterocycles. The molecule has 1 aromatic heterocycles. The Labute approximate surface area is 171 Å². The van der Waals surface area contributed by atoms with Crippen molar-refractivity contribution in [3.05, 3.63) is 46.1 Å². The summed E-state index contributed by atoms with van der Waals surface area (Å²) in [6.07, 6.45) is 1.33. The zero-order valence-electron chi connectivity index (χ0n) is 15.2. The quantitative estimate of drug-likeness (QED) is 0.554. The lowest BCUT2D eigenvalue weighted by Crippen LogP contribution is -1.95. The first-order chi connectivity index (χ1) is 13.5. The highest BCUT2D eigenvalue weighted by molar-refractivity contribution is 6.35. The second-order valence-electron chi connectivity index (χ2n) is 5.48. The molecule has 0 aliphatic heterocycles. The topological polar surface area (TPSA) is 86.3 Å². The van der Waals surface area contributed by atoms with Crippen LogP contribution in [0.5, 0.6) is 23.2 Å². The standard InChI is InChI=1S/C19H16Cl2N2O5/c1-25-15-6-10(7-16(26-2)17(15)27-3)18-23-14(19(24)28-18)9-22-13-8-11(20)4-5-12(13)21/h4-9,24H,1-3H3. The van der Waals surface area contributed by atoms with E-state index in [0.29, 0.717) is 38.5 Å². The molecule has 0 bridgehead atoms. The Kier molecular flexibility index (Phi) is 5.96. The Hall–Kier alpha value is -2.90. The highest BCUT2D eigenvalue weighted by Gasteiger charge is 2.19. The molecule has 146 valence electrons. The number of methoxy groups -OCH3 is 3. The summed E-state index contributed by atoms with van der Waals surface area (Å²) in [7, 11) is 4.51. The second kappa shape index (κ2) is 8.41. The predicted octanol–water partition coefficient (Wildman–Crippen LogP) is 5.13. The molecule has 0 fully saturated rings. The molecule has 9 heteroatoms. The van der Waals surface area contributed by atoms with E-state index in [2.05, 4.69) is 9.98 Å². The lowest BCUT2D eigenvalue weighted by atomic mass is 10.2. The largest absolute Gasteiger partial charge is 0.493 e. The number of halogens is 2. The Morgan fingerprint density at radius 2 is 1.71 bits per heavy atom. The van der Waals surface area contributed by atoms with Gasteiger partial charge in [0.05, 0.1) is 38.3 Å². The van der Waals surface area contributed by atoms with Crippen molar-refractivity contribution in [1.82, 2.24) is 4.98 Å². The summed E-state index contributed by atoms with van der Waals surface area (Å²) >= 11 is 12.0. The molecule has 3 rings (SSSR count). The average molecular weight is 423 g/mol. The van der Waals surface area contributed by atoms with Crippen LogP contribution >= 0.6 is 23.2 Å². The van der Waals surface area contributed by atoms with Crippen LogP contribution in [0.3, 0.4) is 0 Å². The van der Waals surface area contributed by atoms with Gasteiger partial charge in [0.2, 0.25) is 11.6 Å². The molecule has 1 N–H and O–H groups in total. The summed E-state index contributed by atoms with van der Waals surface area (Å²) in [6, 6.07) is 8.18. The summed E-state index contributed by atoms with van der Waals surface area (Å²) in [4.78, 5) is 8.47. The summed E-state index contributed by atoms with van der Waals surface area (Å²) in [5.74, 6) is 1.04. The van der Waals surface area contributed by atoms with Gasteiger partial charge in [0.25, 0.3) is 0 Å². The lowest BCUT2D eigenvalue weighted by Gasteiger charge is -2.12. The van der Waals surface area contributed by atoms with Crippen molar-refractivity contribution in [2.75, 3.05) is 21.3 Å². The number of rotatable bonds is 6. The van der Waals surface area contributed by atoms with Crippen molar-refractivity contribution in [2.45, 2.75) is 0 Å². The number of hydrogen-bond acceptors (Lipinski definition) is 7. The van der Waals surface area contributed by atoms with Gasteiger partial charge in [-0.1, -0.05) is 23.2 Å². The summed E-state index contributed by atoms with van der Waals surface area (Å²) in [6.45, 7) is 0. The third kappa shape index (κ3) is 4.00. The molecule has 0 unspecified atom stereocenters. The first-order valence-electron chi connectivity index (χ1n) is 7.96. The number of nitrogens with zero attached hydrogens (tertiary/aromatic N) is 2. The maximum Gasteiger partial charge on any atom is 0.312 e. The molecule has 7 nitrogen and oxygen atoms in total. The van der Waals surface area contributed by atoms with Crippen LogP contribution in [-0.4, -0.2) is 37.6 Å². The molecule has 2 aromatic carbocycles. The van der Waals surface area contributed by atoms with E-state index in [4.69, 9.17) is 41.8 Å². The van der Waals surface area contributed by atoms with Crippen LogP contribution in [0, 0.1) is 0 Å². The molecule has 0 atom stereocenters. The molecular weight excluding hydrogens is 407 g/mol. The van der Waals surface area contributed by atoms with Crippen molar-refractivity contribution < 1.29 is 23.7 Å². The minimum absolute atomic E-state index is 0.125. The molecule has 0 aliphatic rings.